The Kier molecular flexibility index (Phi) is 32.5. The molecule has 0 fully saturated rings. The highest BCUT2D eigenvalue weighted by Gasteiger charge is 2.03. The predicted molar refractivity (Wildman–Crippen MR) is 192 cm³/mol. The number of carbonyl (C=O) groups is 2. The van der Waals surface area contributed by atoms with E-state index in [1.54, 1.807) is 24.3 Å². The molecule has 0 radical (unpaired) electrons. The number of ether oxygens (including phenoxy) is 8. The quantitative estimate of drug-likeness (QED) is 0.0567. The molecule has 49 heavy (non-hydrogen) atoms. The monoisotopic (exact) mass is 697 g/mol. The van der Waals surface area contributed by atoms with Crippen LogP contribution in [0, 0.1) is 0 Å². The highest BCUT2D eigenvalue weighted by molar-refractivity contribution is 5.88. The van der Waals surface area contributed by atoms with Gasteiger partial charge >= 0.3 is 5.97 Å². The molecule has 1 N–H and O–H groups in total. The van der Waals surface area contributed by atoms with E-state index < -0.39 is 0 Å². The number of benzene rings is 1. The van der Waals surface area contributed by atoms with Crippen molar-refractivity contribution in [3.63, 3.8) is 0 Å². The SMILES string of the molecule is CCCCCCCCCCCCCCCC(=O)OCCOCCOCCOCCOCCOCCOCCOc1ccc(NC(C)=O)cc1. The normalized spacial score (nSPS) is 11.1. The van der Waals surface area contributed by atoms with Crippen LogP contribution in [-0.2, 0) is 42.7 Å². The molecule has 0 heterocycles. The summed E-state index contributed by atoms with van der Waals surface area (Å²) in [5.74, 6) is 0.476. The summed E-state index contributed by atoms with van der Waals surface area (Å²) in [6.45, 7) is 10.1. The third-order valence-corrected chi connectivity index (χ3v) is 7.51. The fourth-order valence-corrected chi connectivity index (χ4v) is 4.83. The van der Waals surface area contributed by atoms with Gasteiger partial charge in [0.15, 0.2) is 0 Å². The van der Waals surface area contributed by atoms with Crippen LogP contribution in [-0.4, -0.2) is 104 Å². The van der Waals surface area contributed by atoms with Gasteiger partial charge in [-0.25, -0.2) is 0 Å². The van der Waals surface area contributed by atoms with E-state index in [1.807, 2.05) is 0 Å². The van der Waals surface area contributed by atoms with Crippen molar-refractivity contribution in [1.82, 2.24) is 0 Å². The Labute approximate surface area is 296 Å². The van der Waals surface area contributed by atoms with Crippen LogP contribution in [0.2, 0.25) is 0 Å². The third-order valence-electron chi connectivity index (χ3n) is 7.51. The van der Waals surface area contributed by atoms with Gasteiger partial charge in [0.1, 0.15) is 19.0 Å². The van der Waals surface area contributed by atoms with E-state index in [2.05, 4.69) is 12.2 Å². The molecule has 11 nitrogen and oxygen atoms in total. The molecule has 0 atom stereocenters. The molecule has 0 bridgehead atoms. The molecule has 0 unspecified atom stereocenters. The number of anilines is 1. The molecule has 1 amide bonds. The van der Waals surface area contributed by atoms with E-state index in [0.717, 1.165) is 24.3 Å². The summed E-state index contributed by atoms with van der Waals surface area (Å²) in [6.07, 6.45) is 17.3. The molecular formula is C38H67NO10. The van der Waals surface area contributed by atoms with Crippen molar-refractivity contribution in [1.29, 1.82) is 0 Å². The first-order chi connectivity index (χ1) is 24.1. The molecule has 0 spiro atoms. The number of unbranched alkanes of at least 4 members (excludes halogenated alkanes) is 12. The molecule has 1 rings (SSSR count). The Hall–Kier alpha value is -2.28. The van der Waals surface area contributed by atoms with E-state index in [0.29, 0.717) is 92.3 Å². The lowest BCUT2D eigenvalue weighted by Gasteiger charge is -2.09. The predicted octanol–water partition coefficient (Wildman–Crippen LogP) is 7.15. The van der Waals surface area contributed by atoms with Crippen molar-refractivity contribution < 1.29 is 47.5 Å². The highest BCUT2D eigenvalue weighted by atomic mass is 16.6. The van der Waals surface area contributed by atoms with E-state index in [1.165, 1.54) is 77.6 Å². The van der Waals surface area contributed by atoms with Crippen LogP contribution in [0.1, 0.15) is 104 Å². The second kappa shape index (κ2) is 35.5. The molecule has 284 valence electrons. The first kappa shape index (κ1) is 44.7. The van der Waals surface area contributed by atoms with E-state index in [4.69, 9.17) is 37.9 Å². The Morgan fingerprint density at radius 1 is 0.490 bits per heavy atom. The Morgan fingerprint density at radius 2 is 0.857 bits per heavy atom. The van der Waals surface area contributed by atoms with Crippen molar-refractivity contribution in [2.24, 2.45) is 0 Å². The fraction of sp³-hybridized carbons (Fsp3) is 0.789. The van der Waals surface area contributed by atoms with Crippen LogP contribution >= 0.6 is 0 Å². The minimum absolute atomic E-state index is 0.107. The maximum absolute atomic E-state index is 11.9. The van der Waals surface area contributed by atoms with Crippen LogP contribution in [0.5, 0.6) is 5.75 Å². The van der Waals surface area contributed by atoms with Crippen molar-refractivity contribution in [3.05, 3.63) is 24.3 Å². The van der Waals surface area contributed by atoms with E-state index >= 15 is 0 Å². The number of carbonyl (C=O) groups excluding carboxylic acids is 2. The standard InChI is InChI=1S/C38H67NO10/c1-3-4-5-6-7-8-9-10-11-12-13-14-15-16-38(41)49-34-32-47-30-28-45-26-24-43-22-21-42-23-25-44-27-29-46-31-33-48-37-19-17-36(18-20-37)39-35(2)40/h17-20H,3-16,21-34H2,1-2H3,(H,39,40). The lowest BCUT2D eigenvalue weighted by Crippen LogP contribution is -2.15. The van der Waals surface area contributed by atoms with Gasteiger partial charge in [0.25, 0.3) is 0 Å². The van der Waals surface area contributed by atoms with Gasteiger partial charge in [-0.15, -0.1) is 0 Å². The van der Waals surface area contributed by atoms with Gasteiger partial charge in [0.2, 0.25) is 5.91 Å². The zero-order chi connectivity index (χ0) is 35.3. The van der Waals surface area contributed by atoms with Gasteiger partial charge in [-0.2, -0.15) is 0 Å². The number of esters is 1. The molecule has 0 saturated carbocycles. The van der Waals surface area contributed by atoms with Crippen molar-refractivity contribution in [2.75, 3.05) is 97.8 Å². The number of nitrogens with one attached hydrogen (secondary N) is 1. The number of hydrogen-bond donors (Lipinski definition) is 1. The molecule has 1 aromatic rings. The maximum Gasteiger partial charge on any atom is 0.305 e. The van der Waals surface area contributed by atoms with E-state index in [9.17, 15) is 9.59 Å². The Balaban J connectivity index is 1.69. The van der Waals surface area contributed by atoms with Gasteiger partial charge in [0, 0.05) is 19.0 Å². The van der Waals surface area contributed by atoms with Gasteiger partial charge in [-0.3, -0.25) is 9.59 Å². The summed E-state index contributed by atoms with van der Waals surface area (Å²) in [6, 6.07) is 7.18. The van der Waals surface area contributed by atoms with Crippen LogP contribution in [0.4, 0.5) is 5.69 Å². The van der Waals surface area contributed by atoms with Gasteiger partial charge in [-0.05, 0) is 30.7 Å². The number of amides is 1. The summed E-state index contributed by atoms with van der Waals surface area (Å²) in [5, 5.41) is 2.71. The van der Waals surface area contributed by atoms with Crippen molar-refractivity contribution >= 4 is 17.6 Å². The van der Waals surface area contributed by atoms with Crippen molar-refractivity contribution in [3.8, 4) is 5.75 Å². The number of hydrogen-bond acceptors (Lipinski definition) is 10. The largest absolute Gasteiger partial charge is 0.491 e. The molecule has 0 aliphatic heterocycles. The molecular weight excluding hydrogens is 630 g/mol. The topological polar surface area (TPSA) is 120 Å². The lowest BCUT2D eigenvalue weighted by atomic mass is 10.0. The summed E-state index contributed by atoms with van der Waals surface area (Å²) >= 11 is 0. The molecule has 0 aromatic heterocycles. The van der Waals surface area contributed by atoms with Gasteiger partial charge in [0.05, 0.1) is 79.3 Å². The molecule has 11 heteroatoms. The highest BCUT2D eigenvalue weighted by Crippen LogP contribution is 2.16. The average Bonchev–Trinajstić information content (AvgIpc) is 3.09. The van der Waals surface area contributed by atoms with Gasteiger partial charge < -0.3 is 43.2 Å². The minimum Gasteiger partial charge on any atom is -0.491 e. The fourth-order valence-electron chi connectivity index (χ4n) is 4.83. The minimum atomic E-state index is -0.134. The van der Waals surface area contributed by atoms with Crippen LogP contribution < -0.4 is 10.1 Å². The second-order valence-corrected chi connectivity index (χ2v) is 11.9. The van der Waals surface area contributed by atoms with E-state index in [-0.39, 0.29) is 18.5 Å². The summed E-state index contributed by atoms with van der Waals surface area (Å²) in [7, 11) is 0. The zero-order valence-electron chi connectivity index (χ0n) is 30.7. The van der Waals surface area contributed by atoms with Gasteiger partial charge in [-0.1, -0.05) is 84.0 Å². The lowest BCUT2D eigenvalue weighted by molar-refractivity contribution is -0.145. The summed E-state index contributed by atoms with van der Waals surface area (Å²) in [5.41, 5.74) is 0.732. The Morgan fingerprint density at radius 3 is 1.27 bits per heavy atom. The number of rotatable bonds is 37. The van der Waals surface area contributed by atoms with Crippen LogP contribution in [0.25, 0.3) is 0 Å². The third kappa shape index (κ3) is 32.7. The first-order valence-corrected chi connectivity index (χ1v) is 18.7. The molecule has 0 saturated heterocycles. The average molecular weight is 698 g/mol. The van der Waals surface area contributed by atoms with Crippen molar-refractivity contribution in [2.45, 2.75) is 104 Å². The summed E-state index contributed by atoms with van der Waals surface area (Å²) < 4.78 is 43.8. The first-order valence-electron chi connectivity index (χ1n) is 18.7. The van der Waals surface area contributed by atoms with Crippen LogP contribution in [0.15, 0.2) is 24.3 Å². The smallest absolute Gasteiger partial charge is 0.305 e. The summed E-state index contributed by atoms with van der Waals surface area (Å²) in [4.78, 5) is 22.9. The molecule has 1 aromatic carbocycles. The maximum atomic E-state index is 11.9. The molecule has 0 aliphatic rings. The molecule has 0 aliphatic carbocycles. The van der Waals surface area contributed by atoms with Crippen LogP contribution in [0.3, 0.4) is 0 Å². The Bertz CT molecular complexity index is 871. The second-order valence-electron chi connectivity index (χ2n) is 11.9. The zero-order valence-corrected chi connectivity index (χ0v) is 30.7.